The molecule has 4 rings (SSSR count). The Hall–Kier alpha value is -0.970. The fourth-order valence-electron chi connectivity index (χ4n) is 6.65. The van der Waals surface area contributed by atoms with E-state index >= 15 is 0 Å². The molecule has 1 N–H and O–H groups in total. The Balaban J connectivity index is 1.77. The zero-order valence-electron chi connectivity index (χ0n) is 14.0. The Kier molecular flexibility index (Phi) is 3.04. The van der Waals surface area contributed by atoms with Crippen molar-refractivity contribution >= 4 is 5.91 Å². The average molecular weight is 287 g/mol. The van der Waals surface area contributed by atoms with E-state index in [4.69, 9.17) is 6.42 Å². The smallest absolute Gasteiger partial charge is 0.221 e. The predicted molar refractivity (Wildman–Crippen MR) is 85.5 cm³/mol. The summed E-state index contributed by atoms with van der Waals surface area (Å²) >= 11 is 0. The van der Waals surface area contributed by atoms with E-state index in [1.165, 1.54) is 38.5 Å². The lowest BCUT2D eigenvalue weighted by molar-refractivity contribution is -0.156. The Bertz CT molecular complexity index is 494. The number of hydrogen-bond acceptors (Lipinski definition) is 1. The number of nitrogens with one attached hydrogen (secondary N) is 1. The van der Waals surface area contributed by atoms with Crippen molar-refractivity contribution in [3.05, 3.63) is 0 Å². The summed E-state index contributed by atoms with van der Waals surface area (Å²) in [5, 5.41) is 3.03. The molecule has 4 fully saturated rings. The van der Waals surface area contributed by atoms with Gasteiger partial charge in [0, 0.05) is 6.42 Å². The summed E-state index contributed by atoms with van der Waals surface area (Å²) in [7, 11) is 0. The van der Waals surface area contributed by atoms with Crippen LogP contribution in [0, 0.1) is 34.5 Å². The molecule has 4 bridgehead atoms. The largest absolute Gasteiger partial charge is 0.340 e. The Morgan fingerprint density at radius 1 is 1.19 bits per heavy atom. The second-order valence-electron chi connectivity index (χ2n) is 9.62. The van der Waals surface area contributed by atoms with Crippen molar-refractivity contribution in [1.82, 2.24) is 5.32 Å². The van der Waals surface area contributed by atoms with E-state index in [-0.39, 0.29) is 11.3 Å². The summed E-state index contributed by atoms with van der Waals surface area (Å²) in [6, 6.07) is 0. The van der Waals surface area contributed by atoms with Crippen LogP contribution in [0.5, 0.6) is 0 Å². The van der Waals surface area contributed by atoms with Gasteiger partial charge in [0.2, 0.25) is 5.91 Å². The third-order valence-electron chi connectivity index (χ3n) is 6.09. The van der Waals surface area contributed by atoms with Gasteiger partial charge in [0.1, 0.15) is 0 Å². The maximum atomic E-state index is 12.5. The van der Waals surface area contributed by atoms with Crippen LogP contribution < -0.4 is 5.32 Å². The summed E-state index contributed by atoms with van der Waals surface area (Å²) in [6.45, 7) is 8.70. The Labute approximate surface area is 129 Å². The van der Waals surface area contributed by atoms with Crippen LogP contribution in [0.3, 0.4) is 0 Å². The van der Waals surface area contributed by atoms with Gasteiger partial charge in [0.15, 0.2) is 0 Å². The molecule has 116 valence electrons. The second-order valence-corrected chi connectivity index (χ2v) is 9.62. The highest BCUT2D eigenvalue weighted by Gasteiger charge is 2.60. The van der Waals surface area contributed by atoms with E-state index in [0.29, 0.717) is 17.3 Å². The molecule has 4 aliphatic carbocycles. The molecule has 0 aromatic rings. The molecule has 0 heterocycles. The number of carbonyl (C=O) groups is 1. The first-order chi connectivity index (χ1) is 9.57. The molecule has 2 atom stereocenters. The molecule has 0 saturated heterocycles. The van der Waals surface area contributed by atoms with E-state index in [1.54, 1.807) is 0 Å². The van der Waals surface area contributed by atoms with Crippen LogP contribution in [0.25, 0.3) is 0 Å². The van der Waals surface area contributed by atoms with Crippen LogP contribution in [0.15, 0.2) is 0 Å². The van der Waals surface area contributed by atoms with E-state index in [2.05, 4.69) is 25.1 Å². The lowest BCUT2D eigenvalue weighted by Crippen LogP contribution is -2.56. The number of hydrogen-bond donors (Lipinski definition) is 1. The van der Waals surface area contributed by atoms with Crippen molar-refractivity contribution in [1.29, 1.82) is 0 Å². The summed E-state index contributed by atoms with van der Waals surface area (Å²) in [4.78, 5) is 12.5. The predicted octanol–water partition coefficient (Wildman–Crippen LogP) is 3.90. The summed E-state index contributed by atoms with van der Waals surface area (Å²) in [5.41, 5.74) is 0.636. The van der Waals surface area contributed by atoms with Crippen molar-refractivity contribution in [2.45, 2.75) is 78.2 Å². The maximum absolute atomic E-state index is 12.5. The van der Waals surface area contributed by atoms with Gasteiger partial charge in [-0.15, -0.1) is 6.42 Å². The molecule has 4 saturated carbocycles. The summed E-state index contributed by atoms with van der Waals surface area (Å²) in [6.07, 6.45) is 14.0. The summed E-state index contributed by atoms with van der Waals surface area (Å²) in [5.74, 6) is 3.65. The molecule has 0 spiro atoms. The number of carbonyl (C=O) groups excluding carboxylic acids is 1. The number of amides is 1. The summed E-state index contributed by atoms with van der Waals surface area (Å²) < 4.78 is 0. The maximum Gasteiger partial charge on any atom is 0.221 e. The highest BCUT2D eigenvalue weighted by molar-refractivity contribution is 5.78. The van der Waals surface area contributed by atoms with Crippen molar-refractivity contribution in [3.63, 3.8) is 0 Å². The topological polar surface area (TPSA) is 29.1 Å². The lowest BCUT2D eigenvalue weighted by atomic mass is 9.40. The Morgan fingerprint density at radius 2 is 1.76 bits per heavy atom. The third kappa shape index (κ3) is 2.72. The minimum absolute atomic E-state index is 0.145. The standard InChI is InChI=1S/C19H29NO/c1-6-16(2,3)20-15(21)10-19-9-14-7-17(4,12-19)11-18(5,8-14)13-19/h1,14H,7-13H2,2-5H3,(H,20,21). The van der Waals surface area contributed by atoms with Gasteiger partial charge in [-0.25, -0.2) is 0 Å². The van der Waals surface area contributed by atoms with E-state index in [1.807, 2.05) is 13.8 Å². The molecule has 2 nitrogen and oxygen atoms in total. The van der Waals surface area contributed by atoms with Gasteiger partial charge < -0.3 is 5.32 Å². The van der Waals surface area contributed by atoms with Gasteiger partial charge in [-0.2, -0.15) is 0 Å². The minimum atomic E-state index is -0.535. The first kappa shape index (κ1) is 14.9. The Morgan fingerprint density at radius 3 is 2.24 bits per heavy atom. The zero-order valence-corrected chi connectivity index (χ0v) is 14.0. The van der Waals surface area contributed by atoms with Crippen LogP contribution in [0.1, 0.15) is 72.6 Å². The molecule has 1 amide bonds. The molecule has 21 heavy (non-hydrogen) atoms. The quantitative estimate of drug-likeness (QED) is 0.784. The zero-order chi connectivity index (χ0) is 15.5. The SMILES string of the molecule is C#CC(C)(C)NC(=O)CC12CC3CC(C)(CC(C)(C3)C1)C2. The molecule has 4 aliphatic rings. The highest BCUT2D eigenvalue weighted by atomic mass is 16.1. The van der Waals surface area contributed by atoms with Gasteiger partial charge in [0.25, 0.3) is 0 Å². The molecule has 0 radical (unpaired) electrons. The van der Waals surface area contributed by atoms with Gasteiger partial charge >= 0.3 is 0 Å². The molecular formula is C19H29NO. The lowest BCUT2D eigenvalue weighted by Gasteiger charge is -2.65. The molecule has 0 aromatic carbocycles. The van der Waals surface area contributed by atoms with E-state index < -0.39 is 5.54 Å². The van der Waals surface area contributed by atoms with Gasteiger partial charge in [-0.3, -0.25) is 4.79 Å². The fraction of sp³-hybridized carbons (Fsp3) is 0.842. The van der Waals surface area contributed by atoms with E-state index in [9.17, 15) is 4.79 Å². The monoisotopic (exact) mass is 287 g/mol. The average Bonchev–Trinajstić information content (AvgIpc) is 2.21. The van der Waals surface area contributed by atoms with Crippen molar-refractivity contribution in [2.75, 3.05) is 0 Å². The molecular weight excluding hydrogens is 258 g/mol. The second kappa shape index (κ2) is 4.28. The van der Waals surface area contributed by atoms with Crippen LogP contribution in [0.2, 0.25) is 0 Å². The highest BCUT2D eigenvalue weighted by Crippen LogP contribution is 2.70. The van der Waals surface area contributed by atoms with Gasteiger partial charge in [0.05, 0.1) is 5.54 Å². The molecule has 2 unspecified atom stereocenters. The van der Waals surface area contributed by atoms with Crippen molar-refractivity contribution < 1.29 is 4.79 Å². The van der Waals surface area contributed by atoms with Crippen LogP contribution in [-0.4, -0.2) is 11.4 Å². The van der Waals surface area contributed by atoms with Crippen molar-refractivity contribution in [2.24, 2.45) is 22.2 Å². The molecule has 0 aliphatic heterocycles. The van der Waals surface area contributed by atoms with Crippen LogP contribution in [0.4, 0.5) is 0 Å². The van der Waals surface area contributed by atoms with Crippen LogP contribution in [-0.2, 0) is 4.79 Å². The number of terminal acetylenes is 1. The normalized spacial score (nSPS) is 44.4. The van der Waals surface area contributed by atoms with E-state index in [0.717, 1.165) is 5.92 Å². The molecule has 2 heteroatoms. The van der Waals surface area contributed by atoms with Crippen LogP contribution >= 0.6 is 0 Å². The first-order valence-electron chi connectivity index (χ1n) is 8.36. The first-order valence-corrected chi connectivity index (χ1v) is 8.36. The third-order valence-corrected chi connectivity index (χ3v) is 6.09. The van der Waals surface area contributed by atoms with Crippen molar-refractivity contribution in [3.8, 4) is 12.3 Å². The minimum Gasteiger partial charge on any atom is -0.340 e. The van der Waals surface area contributed by atoms with Gasteiger partial charge in [-0.05, 0) is 74.5 Å². The van der Waals surface area contributed by atoms with Gasteiger partial charge in [-0.1, -0.05) is 19.8 Å². The number of rotatable bonds is 3. The fourth-order valence-corrected chi connectivity index (χ4v) is 6.65. The molecule has 0 aromatic heterocycles.